The summed E-state index contributed by atoms with van der Waals surface area (Å²) in [6.45, 7) is 4.04. The quantitative estimate of drug-likeness (QED) is 0.575. The molecule has 0 radical (unpaired) electrons. The first-order chi connectivity index (χ1) is 7.68. The van der Waals surface area contributed by atoms with Gasteiger partial charge in [0, 0.05) is 10.8 Å². The van der Waals surface area contributed by atoms with E-state index in [9.17, 15) is 0 Å². The molecule has 0 saturated carbocycles. The van der Waals surface area contributed by atoms with Gasteiger partial charge >= 0.3 is 0 Å². The molecule has 2 N–H and O–H groups in total. The molecule has 0 aliphatic rings. The average Bonchev–Trinajstić information content (AvgIpc) is 2.65. The van der Waals surface area contributed by atoms with Gasteiger partial charge in [-0.3, -0.25) is 0 Å². The highest BCUT2D eigenvalue weighted by atomic mass is 16.3. The molecular formula is C14H13NO. The van der Waals surface area contributed by atoms with Crippen molar-refractivity contribution in [3.05, 3.63) is 41.5 Å². The van der Waals surface area contributed by atoms with E-state index in [1.165, 1.54) is 0 Å². The second-order valence-corrected chi connectivity index (χ2v) is 4.23. The second-order valence-electron chi connectivity index (χ2n) is 4.23. The van der Waals surface area contributed by atoms with Crippen molar-refractivity contribution in [1.29, 1.82) is 0 Å². The zero-order valence-corrected chi connectivity index (χ0v) is 9.37. The molecule has 0 atom stereocenters. The van der Waals surface area contributed by atoms with E-state index in [0.717, 1.165) is 38.8 Å². The maximum atomic E-state index is 6.04. The van der Waals surface area contributed by atoms with E-state index in [-0.39, 0.29) is 0 Å². The van der Waals surface area contributed by atoms with E-state index < -0.39 is 0 Å². The summed E-state index contributed by atoms with van der Waals surface area (Å²) in [5.41, 5.74) is 10.7. The number of hydrogen-bond acceptors (Lipinski definition) is 2. The van der Waals surface area contributed by atoms with Gasteiger partial charge in [-0.05, 0) is 25.0 Å². The van der Waals surface area contributed by atoms with Crippen LogP contribution in [0.1, 0.15) is 11.1 Å². The van der Waals surface area contributed by atoms with Crippen LogP contribution in [-0.4, -0.2) is 0 Å². The molecule has 3 aromatic rings. The summed E-state index contributed by atoms with van der Waals surface area (Å²) >= 11 is 0. The molecule has 0 aliphatic heterocycles. The fourth-order valence-electron chi connectivity index (χ4n) is 2.12. The van der Waals surface area contributed by atoms with Gasteiger partial charge in [-0.15, -0.1) is 0 Å². The lowest BCUT2D eigenvalue weighted by Crippen LogP contribution is -1.88. The van der Waals surface area contributed by atoms with Crippen molar-refractivity contribution in [2.75, 3.05) is 5.73 Å². The number of rotatable bonds is 0. The lowest BCUT2D eigenvalue weighted by Gasteiger charge is -1.98. The predicted octanol–water partition coefficient (Wildman–Crippen LogP) is 3.79. The number of nitrogens with two attached hydrogens (primary N) is 1. The minimum Gasteiger partial charge on any atom is -0.454 e. The molecule has 1 aromatic heterocycles. The average molecular weight is 211 g/mol. The zero-order chi connectivity index (χ0) is 11.3. The molecule has 2 nitrogen and oxygen atoms in total. The first-order valence-corrected chi connectivity index (χ1v) is 5.35. The van der Waals surface area contributed by atoms with Crippen LogP contribution in [0.5, 0.6) is 0 Å². The molecule has 16 heavy (non-hydrogen) atoms. The molecule has 0 unspecified atom stereocenters. The SMILES string of the molecule is Cc1ccc2c(oc3c(C)cccc32)c1N. The fraction of sp³-hybridized carbons (Fsp3) is 0.143. The molecule has 2 heteroatoms. The van der Waals surface area contributed by atoms with Crippen molar-refractivity contribution in [3.63, 3.8) is 0 Å². The lowest BCUT2D eigenvalue weighted by atomic mass is 10.1. The Morgan fingerprint density at radius 3 is 2.44 bits per heavy atom. The maximum absolute atomic E-state index is 6.04. The van der Waals surface area contributed by atoms with Gasteiger partial charge in [0.2, 0.25) is 0 Å². The van der Waals surface area contributed by atoms with Crippen molar-refractivity contribution in [1.82, 2.24) is 0 Å². The third kappa shape index (κ3) is 1.07. The Morgan fingerprint density at radius 2 is 1.62 bits per heavy atom. The van der Waals surface area contributed by atoms with Crippen LogP contribution in [0.3, 0.4) is 0 Å². The van der Waals surface area contributed by atoms with Gasteiger partial charge in [-0.2, -0.15) is 0 Å². The minimum absolute atomic E-state index is 0.744. The van der Waals surface area contributed by atoms with Crippen LogP contribution in [-0.2, 0) is 0 Å². The molecule has 2 aromatic carbocycles. The molecule has 0 bridgehead atoms. The Morgan fingerprint density at radius 1 is 0.875 bits per heavy atom. The molecule has 80 valence electrons. The predicted molar refractivity (Wildman–Crippen MR) is 67.6 cm³/mol. The zero-order valence-electron chi connectivity index (χ0n) is 9.37. The van der Waals surface area contributed by atoms with E-state index in [1.54, 1.807) is 0 Å². The molecule has 3 rings (SSSR count). The largest absolute Gasteiger partial charge is 0.454 e. The molecule has 0 aliphatic carbocycles. The van der Waals surface area contributed by atoms with Crippen LogP contribution in [0.2, 0.25) is 0 Å². The smallest absolute Gasteiger partial charge is 0.158 e. The summed E-state index contributed by atoms with van der Waals surface area (Å²) in [7, 11) is 0. The van der Waals surface area contributed by atoms with Crippen molar-refractivity contribution < 1.29 is 4.42 Å². The lowest BCUT2D eigenvalue weighted by molar-refractivity contribution is 0.667. The van der Waals surface area contributed by atoms with E-state index in [0.29, 0.717) is 0 Å². The van der Waals surface area contributed by atoms with Gasteiger partial charge in [0.15, 0.2) is 5.58 Å². The number of benzene rings is 2. The summed E-state index contributed by atoms with van der Waals surface area (Å²) in [4.78, 5) is 0. The van der Waals surface area contributed by atoms with E-state index >= 15 is 0 Å². The molecular weight excluding hydrogens is 198 g/mol. The molecule has 1 heterocycles. The number of aryl methyl sites for hydroxylation is 2. The Bertz CT molecular complexity index is 695. The van der Waals surface area contributed by atoms with Crippen molar-refractivity contribution >= 4 is 27.6 Å². The highest BCUT2D eigenvalue weighted by Gasteiger charge is 2.11. The standard InChI is InChI=1S/C14H13NO/c1-8-6-7-11-10-5-3-4-9(2)13(10)16-14(11)12(8)15/h3-7H,15H2,1-2H3. The van der Waals surface area contributed by atoms with Crippen LogP contribution >= 0.6 is 0 Å². The fourth-order valence-corrected chi connectivity index (χ4v) is 2.12. The number of nitrogen functional groups attached to an aromatic ring is 1. The molecule has 0 fully saturated rings. The van der Waals surface area contributed by atoms with Crippen LogP contribution in [0.25, 0.3) is 21.9 Å². The Labute approximate surface area is 93.7 Å². The van der Waals surface area contributed by atoms with Crippen LogP contribution in [0, 0.1) is 13.8 Å². The molecule has 0 amide bonds. The Kier molecular flexibility index (Phi) is 1.75. The number of furan rings is 1. The number of fused-ring (bicyclic) bond motifs is 3. The maximum Gasteiger partial charge on any atom is 0.158 e. The van der Waals surface area contributed by atoms with Gasteiger partial charge in [0.25, 0.3) is 0 Å². The van der Waals surface area contributed by atoms with Crippen molar-refractivity contribution in [3.8, 4) is 0 Å². The number of anilines is 1. The summed E-state index contributed by atoms with van der Waals surface area (Å²) in [6, 6.07) is 10.3. The summed E-state index contributed by atoms with van der Waals surface area (Å²) in [5, 5.41) is 2.24. The number of para-hydroxylation sites is 1. The van der Waals surface area contributed by atoms with Gasteiger partial charge in [-0.1, -0.05) is 30.3 Å². The highest BCUT2D eigenvalue weighted by molar-refractivity contribution is 6.09. The number of hydrogen-bond donors (Lipinski definition) is 1. The van der Waals surface area contributed by atoms with E-state index in [2.05, 4.69) is 12.1 Å². The van der Waals surface area contributed by atoms with E-state index in [1.807, 2.05) is 32.0 Å². The Balaban J connectivity index is 2.60. The minimum atomic E-state index is 0.744. The first-order valence-electron chi connectivity index (χ1n) is 5.35. The van der Waals surface area contributed by atoms with Crippen LogP contribution in [0.4, 0.5) is 5.69 Å². The topological polar surface area (TPSA) is 39.2 Å². The third-order valence-electron chi connectivity index (χ3n) is 3.12. The monoisotopic (exact) mass is 211 g/mol. The third-order valence-corrected chi connectivity index (χ3v) is 3.12. The molecule has 0 spiro atoms. The van der Waals surface area contributed by atoms with E-state index in [4.69, 9.17) is 10.2 Å². The van der Waals surface area contributed by atoms with Crippen molar-refractivity contribution in [2.45, 2.75) is 13.8 Å². The van der Waals surface area contributed by atoms with Gasteiger partial charge in [0.1, 0.15) is 5.58 Å². The van der Waals surface area contributed by atoms with Gasteiger partial charge in [-0.25, -0.2) is 0 Å². The van der Waals surface area contributed by atoms with Gasteiger partial charge < -0.3 is 10.2 Å². The van der Waals surface area contributed by atoms with Crippen LogP contribution in [0.15, 0.2) is 34.7 Å². The normalized spacial score (nSPS) is 11.4. The summed E-state index contributed by atoms with van der Waals surface area (Å²) < 4.78 is 5.87. The van der Waals surface area contributed by atoms with Crippen LogP contribution < -0.4 is 5.73 Å². The summed E-state index contributed by atoms with van der Waals surface area (Å²) in [5.74, 6) is 0. The van der Waals surface area contributed by atoms with Crippen molar-refractivity contribution in [2.24, 2.45) is 0 Å². The van der Waals surface area contributed by atoms with Gasteiger partial charge in [0.05, 0.1) is 5.69 Å². The Hall–Kier alpha value is -1.96. The second kappa shape index (κ2) is 3.01. The first kappa shape index (κ1) is 9.28. The molecule has 0 saturated heterocycles. The summed E-state index contributed by atoms with van der Waals surface area (Å²) in [6.07, 6.45) is 0. The highest BCUT2D eigenvalue weighted by Crippen LogP contribution is 2.34.